The second kappa shape index (κ2) is 10.6. The molecule has 0 spiro atoms. The predicted molar refractivity (Wildman–Crippen MR) is 199 cm³/mol. The molecular weight excluding hydrogens is 603 g/mol. The molecule has 8 rings (SSSR count). The molecule has 0 heterocycles. The predicted octanol–water partition coefficient (Wildman–Crippen LogP) is 12.9. The Hall–Kier alpha value is -3.88. The van der Waals surface area contributed by atoms with E-state index in [9.17, 15) is 0 Å². The van der Waals surface area contributed by atoms with Crippen molar-refractivity contribution in [3.05, 3.63) is 155 Å². The fraction of sp³-hybridized carbons (Fsp3) is 0.143. The summed E-state index contributed by atoms with van der Waals surface area (Å²) in [5.41, 5.74) is 13.1. The second-order valence-electron chi connectivity index (χ2n) is 13.3. The lowest BCUT2D eigenvalue weighted by atomic mass is 9.95. The highest BCUT2D eigenvalue weighted by atomic mass is 35.5. The molecule has 2 unspecified atom stereocenters. The topological polar surface area (TPSA) is 0 Å². The average molecular weight is 638 g/mol. The number of fused-ring (bicyclic) bond motifs is 4. The lowest BCUT2D eigenvalue weighted by Gasteiger charge is -2.39. The van der Waals surface area contributed by atoms with Crippen LogP contribution in [0, 0.1) is 0 Å². The van der Waals surface area contributed by atoms with Gasteiger partial charge in [-0.1, -0.05) is 145 Å². The number of rotatable bonds is 4. The minimum absolute atomic E-state index is 0.278. The van der Waals surface area contributed by atoms with Crippen molar-refractivity contribution in [1.82, 2.24) is 0 Å². The van der Waals surface area contributed by atoms with Crippen LogP contribution in [0.2, 0.25) is 13.1 Å². The molecule has 0 radical (unpaired) electrons. The van der Waals surface area contributed by atoms with Crippen LogP contribution in [0.5, 0.6) is 0 Å². The maximum absolute atomic E-state index is 7.36. The van der Waals surface area contributed by atoms with Gasteiger partial charge in [-0.05, 0) is 92.1 Å². The van der Waals surface area contributed by atoms with Crippen molar-refractivity contribution in [3.63, 3.8) is 0 Å². The summed E-state index contributed by atoms with van der Waals surface area (Å²) in [7, 11) is -2.17. The van der Waals surface area contributed by atoms with Gasteiger partial charge in [-0.3, -0.25) is 0 Å². The molecule has 0 aliphatic heterocycles. The van der Waals surface area contributed by atoms with Gasteiger partial charge in [0.2, 0.25) is 0 Å². The van der Waals surface area contributed by atoms with Crippen molar-refractivity contribution in [3.8, 4) is 22.3 Å². The van der Waals surface area contributed by atoms with E-state index in [0.29, 0.717) is 0 Å². The van der Waals surface area contributed by atoms with Crippen molar-refractivity contribution in [2.45, 2.75) is 38.0 Å². The molecule has 0 amide bonds. The van der Waals surface area contributed by atoms with E-state index in [-0.39, 0.29) is 11.1 Å². The highest BCUT2D eigenvalue weighted by Gasteiger charge is 2.49. The van der Waals surface area contributed by atoms with Crippen molar-refractivity contribution >= 4 is 62.9 Å². The number of hydrogen-bond acceptors (Lipinski definition) is 0. The van der Waals surface area contributed by atoms with Gasteiger partial charge >= 0.3 is 0 Å². The first kappa shape index (κ1) is 28.6. The van der Waals surface area contributed by atoms with Gasteiger partial charge in [0.25, 0.3) is 0 Å². The summed E-state index contributed by atoms with van der Waals surface area (Å²) in [4.78, 5) is 0. The van der Waals surface area contributed by atoms with Gasteiger partial charge in [-0.25, -0.2) is 0 Å². The molecular formula is C42H34Cl2Si. The van der Waals surface area contributed by atoms with Crippen LogP contribution in [0.15, 0.2) is 132 Å². The molecule has 220 valence electrons. The van der Waals surface area contributed by atoms with Crippen LogP contribution in [0.1, 0.15) is 47.2 Å². The molecule has 0 bridgehead atoms. The van der Waals surface area contributed by atoms with Crippen molar-refractivity contribution in [1.29, 1.82) is 0 Å². The standard InChI is InChI=1S/C42H34Cl2Si/c1-25-39(43)37-33(31-21-19-27-11-5-7-13-29(27)23-31)15-9-17-35(37)41(25)45(3,4)42-26(2)40(44)38-34(16-10-18-36(38)42)32-22-20-28-12-6-8-14-30(28)24-32/h5-24,41-42H,1-4H3. The molecule has 0 N–H and O–H groups in total. The van der Waals surface area contributed by atoms with Crippen LogP contribution in [0.3, 0.4) is 0 Å². The Balaban J connectivity index is 1.25. The minimum atomic E-state index is -2.17. The summed E-state index contributed by atoms with van der Waals surface area (Å²) in [5.74, 6) is 0. The van der Waals surface area contributed by atoms with E-state index in [2.05, 4.69) is 148 Å². The molecule has 0 nitrogen and oxygen atoms in total. The summed E-state index contributed by atoms with van der Waals surface area (Å²) < 4.78 is 0. The first-order chi connectivity index (χ1) is 21.8. The number of benzene rings is 6. The van der Waals surface area contributed by atoms with E-state index >= 15 is 0 Å². The fourth-order valence-electron chi connectivity index (χ4n) is 8.50. The van der Waals surface area contributed by atoms with Crippen molar-refractivity contribution < 1.29 is 0 Å². The van der Waals surface area contributed by atoms with Crippen molar-refractivity contribution in [2.24, 2.45) is 0 Å². The molecule has 2 atom stereocenters. The van der Waals surface area contributed by atoms with E-state index in [4.69, 9.17) is 23.2 Å². The molecule has 0 saturated heterocycles. The van der Waals surface area contributed by atoms with Gasteiger partial charge in [0, 0.05) is 32.3 Å². The molecule has 6 aromatic carbocycles. The van der Waals surface area contributed by atoms with Crippen LogP contribution in [0.25, 0.3) is 53.9 Å². The molecule has 2 aliphatic carbocycles. The first-order valence-corrected chi connectivity index (χ1v) is 19.6. The van der Waals surface area contributed by atoms with Gasteiger partial charge in [-0.15, -0.1) is 0 Å². The summed E-state index contributed by atoms with van der Waals surface area (Å²) in [5, 5.41) is 6.81. The lowest BCUT2D eigenvalue weighted by molar-refractivity contribution is 0.968. The third-order valence-electron chi connectivity index (χ3n) is 10.4. The second-order valence-corrected chi connectivity index (χ2v) is 18.9. The SMILES string of the molecule is CC1=C(Cl)c2c(-c3ccc4ccccc4c3)cccc2C1[Si](C)(C)C1C(C)=C(Cl)c2c(-c3ccc4ccccc4c3)cccc21. The molecule has 0 aromatic heterocycles. The minimum Gasteiger partial charge on any atom is -0.0837 e. The van der Waals surface area contributed by atoms with E-state index in [1.165, 1.54) is 77.2 Å². The summed E-state index contributed by atoms with van der Waals surface area (Å²) in [6.45, 7) is 9.60. The zero-order valence-electron chi connectivity index (χ0n) is 26.0. The van der Waals surface area contributed by atoms with Gasteiger partial charge in [0.15, 0.2) is 0 Å². The quantitative estimate of drug-likeness (QED) is 0.169. The van der Waals surface area contributed by atoms with Gasteiger partial charge in [-0.2, -0.15) is 0 Å². The summed E-state index contributed by atoms with van der Waals surface area (Å²) in [6, 6.07) is 44.2. The Kier molecular flexibility index (Phi) is 6.73. The van der Waals surface area contributed by atoms with E-state index in [0.717, 1.165) is 10.1 Å². The first-order valence-electron chi connectivity index (χ1n) is 15.7. The van der Waals surface area contributed by atoms with Crippen LogP contribution < -0.4 is 0 Å². The Labute approximate surface area is 276 Å². The van der Waals surface area contributed by atoms with Crippen LogP contribution in [0.4, 0.5) is 0 Å². The van der Waals surface area contributed by atoms with Crippen molar-refractivity contribution in [2.75, 3.05) is 0 Å². The molecule has 3 heteroatoms. The highest BCUT2D eigenvalue weighted by molar-refractivity contribution is 6.82. The third-order valence-corrected chi connectivity index (χ3v) is 15.9. The lowest BCUT2D eigenvalue weighted by Crippen LogP contribution is -2.42. The number of hydrogen-bond donors (Lipinski definition) is 0. The Bertz CT molecular complexity index is 2090. The Morgan fingerprint density at radius 2 is 0.867 bits per heavy atom. The van der Waals surface area contributed by atoms with Gasteiger partial charge in [0.05, 0.1) is 8.07 Å². The fourth-order valence-corrected chi connectivity index (χ4v) is 14.3. The zero-order chi connectivity index (χ0) is 31.0. The normalized spacial score (nSPS) is 17.8. The van der Waals surface area contributed by atoms with Gasteiger partial charge < -0.3 is 0 Å². The third kappa shape index (κ3) is 4.32. The molecule has 0 fully saturated rings. The molecule has 6 aromatic rings. The molecule has 2 aliphatic rings. The average Bonchev–Trinajstić information content (AvgIpc) is 3.49. The van der Waals surface area contributed by atoms with Crippen LogP contribution in [-0.2, 0) is 0 Å². The smallest absolute Gasteiger partial charge is 0.0723 e. The maximum atomic E-state index is 7.36. The van der Waals surface area contributed by atoms with Crippen LogP contribution >= 0.6 is 23.2 Å². The Morgan fingerprint density at radius 3 is 1.29 bits per heavy atom. The highest BCUT2D eigenvalue weighted by Crippen LogP contribution is 2.58. The monoisotopic (exact) mass is 636 g/mol. The van der Waals surface area contributed by atoms with E-state index in [1.807, 2.05) is 0 Å². The largest absolute Gasteiger partial charge is 0.0837 e. The zero-order valence-corrected chi connectivity index (χ0v) is 28.5. The van der Waals surface area contributed by atoms with Gasteiger partial charge in [0.1, 0.15) is 0 Å². The number of halogens is 2. The molecule has 45 heavy (non-hydrogen) atoms. The maximum Gasteiger partial charge on any atom is 0.0723 e. The van der Waals surface area contributed by atoms with E-state index < -0.39 is 8.07 Å². The molecule has 0 saturated carbocycles. The van der Waals surface area contributed by atoms with Crippen LogP contribution in [-0.4, -0.2) is 8.07 Å². The summed E-state index contributed by atoms with van der Waals surface area (Å²) in [6.07, 6.45) is 0. The summed E-state index contributed by atoms with van der Waals surface area (Å²) >= 11 is 14.7. The number of allylic oxidation sites excluding steroid dienone is 2. The van der Waals surface area contributed by atoms with E-state index in [1.54, 1.807) is 0 Å². The Morgan fingerprint density at radius 1 is 0.467 bits per heavy atom.